The van der Waals surface area contributed by atoms with Crippen LogP contribution >= 0.6 is 0 Å². The van der Waals surface area contributed by atoms with Crippen molar-refractivity contribution in [2.24, 2.45) is 0 Å². The van der Waals surface area contributed by atoms with Crippen LogP contribution in [0.2, 0.25) is 0 Å². The van der Waals surface area contributed by atoms with Crippen molar-refractivity contribution in [1.29, 1.82) is 0 Å². The number of benzene rings is 2. The van der Waals surface area contributed by atoms with Crippen LogP contribution in [0.5, 0.6) is 5.75 Å². The van der Waals surface area contributed by atoms with Gasteiger partial charge < -0.3 is 4.74 Å². The van der Waals surface area contributed by atoms with Crippen molar-refractivity contribution in [1.82, 2.24) is 4.98 Å². The lowest BCUT2D eigenvalue weighted by atomic mass is 9.97. The fraction of sp³-hybridized carbons (Fsp3) is 0.486. The highest BCUT2D eigenvalue weighted by Crippen LogP contribution is 2.32. The van der Waals surface area contributed by atoms with E-state index in [2.05, 4.69) is 38.1 Å². The van der Waals surface area contributed by atoms with Crippen molar-refractivity contribution < 1.29 is 13.9 Å². The van der Waals surface area contributed by atoms with E-state index in [-0.39, 0.29) is 6.42 Å². The quantitative estimate of drug-likeness (QED) is 0.0988. The maximum absolute atomic E-state index is 15.1. The third-order valence-corrected chi connectivity index (χ3v) is 7.40. The van der Waals surface area contributed by atoms with Crippen molar-refractivity contribution in [2.75, 3.05) is 0 Å². The molecule has 0 fully saturated rings. The van der Waals surface area contributed by atoms with Crippen LogP contribution in [-0.2, 0) is 11.2 Å². The molecule has 0 bridgehead atoms. The summed E-state index contributed by atoms with van der Waals surface area (Å²) in [5.41, 5.74) is 3.28. The van der Waals surface area contributed by atoms with Crippen LogP contribution in [0.25, 0.3) is 22.4 Å². The zero-order valence-electron chi connectivity index (χ0n) is 24.2. The van der Waals surface area contributed by atoms with Gasteiger partial charge in [0.1, 0.15) is 5.75 Å². The Morgan fingerprint density at radius 3 is 2.03 bits per heavy atom. The molecule has 3 aromatic rings. The molecule has 210 valence electrons. The number of ether oxygens (including phenoxy) is 1. The molecule has 1 aromatic heterocycles. The lowest BCUT2D eigenvalue weighted by Gasteiger charge is -2.18. The summed E-state index contributed by atoms with van der Waals surface area (Å²) in [5, 5.41) is 0. The lowest BCUT2D eigenvalue weighted by molar-refractivity contribution is -0.147. The molecule has 0 spiro atoms. The van der Waals surface area contributed by atoms with Crippen molar-refractivity contribution >= 4 is 5.97 Å². The maximum Gasteiger partial charge on any atom is 0.348 e. The van der Waals surface area contributed by atoms with Crippen LogP contribution in [-0.4, -0.2) is 16.6 Å². The van der Waals surface area contributed by atoms with Gasteiger partial charge >= 0.3 is 5.97 Å². The molecule has 0 saturated carbocycles. The minimum atomic E-state index is -1.98. The first kappa shape index (κ1) is 30.5. The number of carbonyl (C=O) groups is 1. The number of aryl methyl sites for hydroxylation is 1. The lowest BCUT2D eigenvalue weighted by Crippen LogP contribution is -2.34. The molecule has 0 saturated heterocycles. The van der Waals surface area contributed by atoms with E-state index >= 15 is 4.39 Å². The molecule has 3 rings (SSSR count). The van der Waals surface area contributed by atoms with Gasteiger partial charge in [0.15, 0.2) is 0 Å². The summed E-state index contributed by atoms with van der Waals surface area (Å²) < 4.78 is 20.5. The molecule has 2 aromatic carbocycles. The summed E-state index contributed by atoms with van der Waals surface area (Å²) >= 11 is 0. The monoisotopic (exact) mass is 531 g/mol. The highest BCUT2D eigenvalue weighted by molar-refractivity contribution is 5.83. The Hall–Kier alpha value is -3.01. The Morgan fingerprint density at radius 1 is 0.769 bits per heavy atom. The largest absolute Gasteiger partial charge is 0.424 e. The number of halogens is 1. The van der Waals surface area contributed by atoms with E-state index in [0.29, 0.717) is 12.2 Å². The molecule has 4 heteroatoms. The van der Waals surface area contributed by atoms with Gasteiger partial charge in [0.2, 0.25) is 5.67 Å². The number of carbonyl (C=O) groups excluding carboxylic acids is 1. The second-order valence-corrected chi connectivity index (χ2v) is 10.9. The summed E-state index contributed by atoms with van der Waals surface area (Å²) in [6, 6.07) is 19.7. The van der Waals surface area contributed by atoms with Crippen LogP contribution in [0, 0.1) is 0 Å². The normalized spacial score (nSPS) is 12.7. The van der Waals surface area contributed by atoms with E-state index in [1.54, 1.807) is 12.1 Å². The number of rotatable bonds is 17. The molecular formula is C35H46FNO2. The number of pyridine rings is 1. The minimum Gasteiger partial charge on any atom is -0.424 e. The molecule has 1 heterocycles. The standard InChI is InChI=1S/C35H46FNO2/c1-4-6-8-9-10-11-12-16-26-35(3,36)34(38)39-30-23-21-29(22-24-30)31-18-14-15-19-32(31)33-25-20-28(27-37-33)17-13-7-5-2/h14-15,18-25,27H,4-13,16-17,26H2,1-3H3. The van der Waals surface area contributed by atoms with E-state index in [1.807, 2.05) is 30.5 Å². The van der Waals surface area contributed by atoms with Crippen LogP contribution in [0.1, 0.15) is 103 Å². The van der Waals surface area contributed by atoms with Crippen molar-refractivity contribution in [3.63, 3.8) is 0 Å². The second-order valence-electron chi connectivity index (χ2n) is 10.9. The zero-order chi connectivity index (χ0) is 27.9. The van der Waals surface area contributed by atoms with Crippen molar-refractivity contribution in [2.45, 2.75) is 110 Å². The summed E-state index contributed by atoms with van der Waals surface area (Å²) in [4.78, 5) is 17.3. The number of hydrogen-bond donors (Lipinski definition) is 0. The molecule has 1 unspecified atom stereocenters. The highest BCUT2D eigenvalue weighted by atomic mass is 19.1. The average Bonchev–Trinajstić information content (AvgIpc) is 2.95. The first-order valence-electron chi connectivity index (χ1n) is 15.0. The van der Waals surface area contributed by atoms with E-state index in [9.17, 15) is 4.79 Å². The van der Waals surface area contributed by atoms with E-state index in [4.69, 9.17) is 9.72 Å². The van der Waals surface area contributed by atoms with Gasteiger partial charge in [-0.25, -0.2) is 9.18 Å². The minimum absolute atomic E-state index is 0.191. The highest BCUT2D eigenvalue weighted by Gasteiger charge is 2.34. The molecule has 0 N–H and O–H groups in total. The van der Waals surface area contributed by atoms with Crippen LogP contribution in [0.15, 0.2) is 66.9 Å². The second kappa shape index (κ2) is 16.2. The van der Waals surface area contributed by atoms with Gasteiger partial charge in [-0.2, -0.15) is 0 Å². The third kappa shape index (κ3) is 9.91. The first-order valence-corrected chi connectivity index (χ1v) is 15.0. The Kier molecular flexibility index (Phi) is 12.7. The van der Waals surface area contributed by atoms with Crippen molar-refractivity contribution in [3.05, 3.63) is 72.4 Å². The number of hydrogen-bond acceptors (Lipinski definition) is 3. The van der Waals surface area contributed by atoms with Gasteiger partial charge in [0, 0.05) is 11.8 Å². The Balaban J connectivity index is 1.56. The number of unbranched alkanes of at least 4 members (excludes halogenated alkanes) is 9. The summed E-state index contributed by atoms with van der Waals surface area (Å²) in [6.07, 6.45) is 15.8. The topological polar surface area (TPSA) is 39.2 Å². The Bertz CT molecular complexity index is 1120. The number of aromatic nitrogens is 1. The summed E-state index contributed by atoms with van der Waals surface area (Å²) in [7, 11) is 0. The van der Waals surface area contributed by atoms with E-state index in [0.717, 1.165) is 41.6 Å². The van der Waals surface area contributed by atoms with Gasteiger partial charge in [0.25, 0.3) is 0 Å². The summed E-state index contributed by atoms with van der Waals surface area (Å²) in [5.74, 6) is -0.461. The van der Waals surface area contributed by atoms with Crippen LogP contribution in [0.3, 0.4) is 0 Å². The van der Waals surface area contributed by atoms with Crippen molar-refractivity contribution in [3.8, 4) is 28.1 Å². The van der Waals surface area contributed by atoms with E-state index < -0.39 is 11.6 Å². The molecule has 0 amide bonds. The molecule has 0 radical (unpaired) electrons. The van der Waals surface area contributed by atoms with Gasteiger partial charge in [-0.15, -0.1) is 0 Å². The van der Waals surface area contributed by atoms with Crippen LogP contribution in [0.4, 0.5) is 4.39 Å². The van der Waals surface area contributed by atoms with Gasteiger partial charge in [-0.1, -0.05) is 114 Å². The number of esters is 1. The number of alkyl halides is 1. The predicted molar refractivity (Wildman–Crippen MR) is 161 cm³/mol. The smallest absolute Gasteiger partial charge is 0.348 e. The summed E-state index contributed by atoms with van der Waals surface area (Å²) in [6.45, 7) is 5.76. The van der Waals surface area contributed by atoms with E-state index in [1.165, 1.54) is 63.9 Å². The molecule has 39 heavy (non-hydrogen) atoms. The Labute approximate surface area is 235 Å². The molecule has 3 nitrogen and oxygen atoms in total. The van der Waals surface area contributed by atoms with Gasteiger partial charge in [0.05, 0.1) is 5.69 Å². The van der Waals surface area contributed by atoms with Gasteiger partial charge in [-0.05, 0) is 67.5 Å². The first-order chi connectivity index (χ1) is 18.9. The van der Waals surface area contributed by atoms with Crippen LogP contribution < -0.4 is 4.74 Å². The SMILES string of the molecule is CCCCCCCCCCC(C)(F)C(=O)Oc1ccc(-c2ccccc2-c2ccc(CCCCC)cn2)cc1. The third-order valence-electron chi connectivity index (χ3n) is 7.40. The zero-order valence-corrected chi connectivity index (χ0v) is 24.2. The molecular weight excluding hydrogens is 485 g/mol. The predicted octanol–water partition coefficient (Wildman–Crippen LogP) is 10.3. The maximum atomic E-state index is 15.1. The molecule has 1 atom stereocenters. The number of nitrogens with zero attached hydrogens (tertiary/aromatic N) is 1. The fourth-order valence-electron chi connectivity index (χ4n) is 4.88. The molecule has 0 aliphatic rings. The molecule has 0 aliphatic heterocycles. The average molecular weight is 532 g/mol. The molecule has 0 aliphatic carbocycles. The Morgan fingerprint density at radius 2 is 1.38 bits per heavy atom. The fourth-order valence-corrected chi connectivity index (χ4v) is 4.88. The van der Waals surface area contributed by atoms with Gasteiger partial charge in [-0.3, -0.25) is 4.98 Å².